The monoisotopic (exact) mass is 1130 g/mol. The largest absolute Gasteiger partial charge is 2.00 e. The van der Waals surface area contributed by atoms with Gasteiger partial charge in [0, 0.05) is 0 Å². The molecule has 0 aliphatic carbocycles. The molecule has 65 heavy (non-hydrogen) atoms. The predicted molar refractivity (Wildman–Crippen MR) is 276 cm³/mol. The maximum Gasteiger partial charge on any atom is 2.00 e. The number of rotatable bonds is 34. The number of unbranched alkanes of at least 4 members (excludes halogenated alkanes) is 24. The van der Waals surface area contributed by atoms with Gasteiger partial charge in [-0.05, 0) is 107 Å². The Morgan fingerprint density at radius 1 is 0.323 bits per heavy atom. The third-order valence-corrected chi connectivity index (χ3v) is 14.9. The van der Waals surface area contributed by atoms with E-state index in [0.29, 0.717) is 10.8 Å². The fourth-order valence-electron chi connectivity index (χ4n) is 9.43. The SMILES string of the molecule is CCCCCCCCCc1ccc2c(S(=O)(=O)[O-])cccc2c1CCCCCCCCC.CCCCCCCCCc1ccc2c(S(=O)(=O)[O-])cccc2c1CCCCCCCCC.[Pb+2]. The van der Waals surface area contributed by atoms with E-state index in [2.05, 4.69) is 39.8 Å². The summed E-state index contributed by atoms with van der Waals surface area (Å²) in [6.45, 7) is 8.97. The Labute approximate surface area is 418 Å². The quantitative estimate of drug-likeness (QED) is 0.0261. The second-order valence-electron chi connectivity index (χ2n) is 18.5. The summed E-state index contributed by atoms with van der Waals surface area (Å²) in [7, 11) is -8.96. The van der Waals surface area contributed by atoms with E-state index >= 15 is 0 Å². The van der Waals surface area contributed by atoms with Gasteiger partial charge in [-0.2, -0.15) is 0 Å². The van der Waals surface area contributed by atoms with Crippen molar-refractivity contribution in [3.8, 4) is 0 Å². The molecule has 0 N–H and O–H groups in total. The summed E-state index contributed by atoms with van der Waals surface area (Å²) in [5.41, 5.74) is 5.18. The molecule has 2 radical (unpaired) electrons. The maximum atomic E-state index is 11.8. The molecule has 6 nitrogen and oxygen atoms in total. The first kappa shape index (κ1) is 59.3. The van der Waals surface area contributed by atoms with E-state index in [1.54, 1.807) is 12.1 Å². The van der Waals surface area contributed by atoms with Crippen LogP contribution in [0.15, 0.2) is 70.5 Å². The molecule has 0 atom stereocenters. The Kier molecular flexibility index (Phi) is 31.4. The van der Waals surface area contributed by atoms with Crippen LogP contribution in [0, 0.1) is 0 Å². The van der Waals surface area contributed by atoms with Gasteiger partial charge in [-0.25, -0.2) is 16.8 Å². The third kappa shape index (κ3) is 22.4. The molecule has 0 fully saturated rings. The Morgan fingerprint density at radius 3 is 0.862 bits per heavy atom. The number of aryl methyl sites for hydroxylation is 4. The molecule has 0 spiro atoms. The van der Waals surface area contributed by atoms with Crippen molar-refractivity contribution in [1.82, 2.24) is 0 Å². The minimum Gasteiger partial charge on any atom is -0.744 e. The van der Waals surface area contributed by atoms with Crippen LogP contribution in [0.2, 0.25) is 0 Å². The first-order valence-corrected chi connectivity index (χ1v) is 28.8. The molecule has 9 heteroatoms. The molecule has 362 valence electrons. The van der Waals surface area contributed by atoms with Gasteiger partial charge in [-0.1, -0.05) is 230 Å². The molecule has 0 heterocycles. The molecule has 4 rings (SSSR count). The van der Waals surface area contributed by atoms with Crippen molar-refractivity contribution in [2.75, 3.05) is 0 Å². The molecule has 0 amide bonds. The second-order valence-corrected chi connectivity index (χ2v) is 21.2. The van der Waals surface area contributed by atoms with Crippen LogP contribution in [-0.2, 0) is 45.9 Å². The van der Waals surface area contributed by atoms with Crippen LogP contribution in [0.3, 0.4) is 0 Å². The Morgan fingerprint density at radius 2 is 0.585 bits per heavy atom. The summed E-state index contributed by atoms with van der Waals surface area (Å²) in [5, 5.41) is 3.08. The topological polar surface area (TPSA) is 114 Å². The molecule has 0 saturated carbocycles. The average Bonchev–Trinajstić information content (AvgIpc) is 3.27. The van der Waals surface area contributed by atoms with Gasteiger partial charge in [-0.3, -0.25) is 0 Å². The fraction of sp³-hybridized carbons (Fsp3) is 0.643. The van der Waals surface area contributed by atoms with Crippen molar-refractivity contribution in [2.24, 2.45) is 0 Å². The van der Waals surface area contributed by atoms with E-state index in [4.69, 9.17) is 0 Å². The van der Waals surface area contributed by atoms with Crippen LogP contribution in [0.1, 0.15) is 230 Å². The van der Waals surface area contributed by atoms with E-state index in [9.17, 15) is 25.9 Å². The Hall–Kier alpha value is -1.86. The number of benzene rings is 4. The summed E-state index contributed by atoms with van der Waals surface area (Å²) in [5.74, 6) is 0. The number of fused-ring (bicyclic) bond motifs is 2. The fourth-order valence-corrected chi connectivity index (χ4v) is 10.8. The molecule has 0 saturated heterocycles. The summed E-state index contributed by atoms with van der Waals surface area (Å²) >= 11 is 0. The van der Waals surface area contributed by atoms with Crippen LogP contribution in [-0.4, -0.2) is 53.2 Å². The van der Waals surface area contributed by atoms with E-state index in [1.807, 2.05) is 24.3 Å². The van der Waals surface area contributed by atoms with Crippen molar-refractivity contribution >= 4 is 69.1 Å². The van der Waals surface area contributed by atoms with Gasteiger partial charge in [0.15, 0.2) is 0 Å². The van der Waals surface area contributed by atoms with Crippen LogP contribution >= 0.6 is 0 Å². The third-order valence-electron chi connectivity index (χ3n) is 13.2. The standard InChI is InChI=1S/2C28H44O3S.Pb/c2*1-3-5-7-9-11-13-15-18-24-22-23-27-26(20-17-21-28(27)32(29,30)31)25(24)19-16-14-12-10-8-6-4-2;/h2*17,20-23H,3-16,18-19H2,1-2H3,(H,29,30,31);/q;;+2/p-2. The number of hydrogen-bond donors (Lipinski definition) is 0. The summed E-state index contributed by atoms with van der Waals surface area (Å²) in [6, 6.07) is 18.2. The zero-order valence-corrected chi connectivity index (χ0v) is 46.7. The first-order valence-electron chi connectivity index (χ1n) is 26.0. The van der Waals surface area contributed by atoms with E-state index in [0.717, 1.165) is 49.3 Å². The van der Waals surface area contributed by atoms with Gasteiger partial charge >= 0.3 is 27.3 Å². The van der Waals surface area contributed by atoms with E-state index < -0.39 is 20.2 Å². The molecule has 0 bridgehead atoms. The molecule has 0 aliphatic rings. The normalized spacial score (nSPS) is 11.8. The minimum atomic E-state index is -4.48. The Bertz CT molecular complexity index is 1960. The molecule has 0 unspecified atom stereocenters. The summed E-state index contributed by atoms with van der Waals surface area (Å²) in [6.07, 6.45) is 39.5. The smallest absolute Gasteiger partial charge is 0.744 e. The van der Waals surface area contributed by atoms with Gasteiger partial charge in [0.25, 0.3) is 0 Å². The second kappa shape index (κ2) is 34.4. The van der Waals surface area contributed by atoms with Crippen molar-refractivity contribution in [1.29, 1.82) is 0 Å². The van der Waals surface area contributed by atoms with Crippen molar-refractivity contribution < 1.29 is 25.9 Å². The van der Waals surface area contributed by atoms with Crippen molar-refractivity contribution in [3.05, 3.63) is 82.9 Å². The van der Waals surface area contributed by atoms with Crippen LogP contribution < -0.4 is 0 Å². The van der Waals surface area contributed by atoms with Gasteiger partial charge in [0.1, 0.15) is 20.2 Å². The van der Waals surface area contributed by atoms with Gasteiger partial charge in [0.05, 0.1) is 9.79 Å². The predicted octanol–water partition coefficient (Wildman–Crippen LogP) is 16.3. The summed E-state index contributed by atoms with van der Waals surface area (Å²) < 4.78 is 70.8. The van der Waals surface area contributed by atoms with Gasteiger partial charge in [-0.15, -0.1) is 0 Å². The summed E-state index contributed by atoms with van der Waals surface area (Å²) in [4.78, 5) is -0.170. The Balaban J connectivity index is 0.000000440. The van der Waals surface area contributed by atoms with Crippen molar-refractivity contribution in [3.63, 3.8) is 0 Å². The van der Waals surface area contributed by atoms with Crippen LogP contribution in [0.25, 0.3) is 21.5 Å². The zero-order chi connectivity index (χ0) is 46.5. The molecular formula is C56H86O6PbS2. The van der Waals surface area contributed by atoms with Gasteiger partial charge < -0.3 is 9.11 Å². The van der Waals surface area contributed by atoms with Crippen LogP contribution in [0.4, 0.5) is 0 Å². The average molecular weight is 1130 g/mol. The van der Waals surface area contributed by atoms with E-state index in [-0.39, 0.29) is 37.1 Å². The first-order chi connectivity index (χ1) is 31.0. The van der Waals surface area contributed by atoms with E-state index in [1.165, 1.54) is 201 Å². The molecular weight excluding hydrogens is 1040 g/mol. The molecule has 4 aromatic carbocycles. The molecule has 4 aromatic rings. The minimum absolute atomic E-state index is 0. The molecule has 0 aromatic heterocycles. The van der Waals surface area contributed by atoms with Gasteiger partial charge in [0.2, 0.25) is 0 Å². The maximum absolute atomic E-state index is 11.8. The zero-order valence-electron chi connectivity index (χ0n) is 41.2. The van der Waals surface area contributed by atoms with Crippen LogP contribution in [0.5, 0.6) is 0 Å². The molecule has 0 aliphatic heterocycles. The van der Waals surface area contributed by atoms with Crippen molar-refractivity contribution in [2.45, 2.75) is 243 Å². The number of hydrogen-bond acceptors (Lipinski definition) is 6.